The van der Waals surface area contributed by atoms with Crippen molar-refractivity contribution in [3.63, 3.8) is 0 Å². The van der Waals surface area contributed by atoms with Crippen molar-refractivity contribution in [3.05, 3.63) is 28.2 Å². The highest BCUT2D eigenvalue weighted by atomic mass is 79.9. The highest BCUT2D eigenvalue weighted by Gasteiger charge is 2.57. The first-order chi connectivity index (χ1) is 7.52. The number of halogens is 1. The summed E-state index contributed by atoms with van der Waals surface area (Å²) in [6, 6.07) is 6.31. The number of benzene rings is 1. The molecule has 0 heterocycles. The third kappa shape index (κ3) is 1.76. The van der Waals surface area contributed by atoms with E-state index < -0.39 is 0 Å². The van der Waals surface area contributed by atoms with Crippen molar-refractivity contribution in [2.45, 2.75) is 19.8 Å². The van der Waals surface area contributed by atoms with Crippen molar-refractivity contribution in [1.82, 2.24) is 0 Å². The van der Waals surface area contributed by atoms with E-state index in [1.54, 1.807) is 7.11 Å². The van der Waals surface area contributed by atoms with Crippen LogP contribution >= 0.6 is 15.9 Å². The van der Waals surface area contributed by atoms with Gasteiger partial charge < -0.3 is 10.5 Å². The highest BCUT2D eigenvalue weighted by Crippen LogP contribution is 2.64. The summed E-state index contributed by atoms with van der Waals surface area (Å²) in [5.74, 6) is 2.07. The van der Waals surface area contributed by atoms with Gasteiger partial charge in [0.05, 0.1) is 11.6 Å². The molecule has 2 nitrogen and oxygen atoms in total. The van der Waals surface area contributed by atoms with E-state index in [1.807, 2.05) is 6.07 Å². The summed E-state index contributed by atoms with van der Waals surface area (Å²) in [6.07, 6.45) is 0. The number of rotatable bonds is 3. The van der Waals surface area contributed by atoms with Gasteiger partial charge in [0.1, 0.15) is 5.75 Å². The largest absolute Gasteiger partial charge is 0.496 e. The minimum atomic E-state index is 0.336. The summed E-state index contributed by atoms with van der Waals surface area (Å²) in [6.45, 7) is 5.34. The molecule has 0 amide bonds. The number of methoxy groups -OCH3 is 1. The summed E-state index contributed by atoms with van der Waals surface area (Å²) < 4.78 is 6.25. The zero-order chi connectivity index (χ0) is 11.9. The molecule has 1 fully saturated rings. The Labute approximate surface area is 105 Å². The molecule has 0 saturated heterocycles. The van der Waals surface area contributed by atoms with Gasteiger partial charge in [-0.05, 0) is 57.4 Å². The van der Waals surface area contributed by atoms with Crippen molar-refractivity contribution < 1.29 is 4.74 Å². The normalized spacial score (nSPS) is 26.6. The van der Waals surface area contributed by atoms with Crippen molar-refractivity contribution in [1.29, 1.82) is 0 Å². The number of nitrogens with two attached hydrogens (primary N) is 1. The molecule has 0 aliphatic heterocycles. The van der Waals surface area contributed by atoms with Gasteiger partial charge in [-0.2, -0.15) is 0 Å². The van der Waals surface area contributed by atoms with Gasteiger partial charge in [0.2, 0.25) is 0 Å². The smallest absolute Gasteiger partial charge is 0.133 e. The van der Waals surface area contributed by atoms with Crippen LogP contribution < -0.4 is 10.5 Å². The molecule has 0 spiro atoms. The van der Waals surface area contributed by atoms with E-state index in [4.69, 9.17) is 10.5 Å². The van der Waals surface area contributed by atoms with E-state index in [-0.39, 0.29) is 0 Å². The first-order valence-electron chi connectivity index (χ1n) is 5.56. The Morgan fingerprint density at radius 1 is 1.44 bits per heavy atom. The minimum Gasteiger partial charge on any atom is -0.496 e. The van der Waals surface area contributed by atoms with E-state index >= 15 is 0 Å². The Balaban J connectivity index is 2.27. The molecule has 2 unspecified atom stereocenters. The Hall–Kier alpha value is -0.540. The van der Waals surface area contributed by atoms with Gasteiger partial charge in [0.15, 0.2) is 0 Å². The van der Waals surface area contributed by atoms with E-state index in [1.165, 1.54) is 5.56 Å². The van der Waals surface area contributed by atoms with Crippen LogP contribution in [0, 0.1) is 11.3 Å². The predicted molar refractivity (Wildman–Crippen MR) is 69.8 cm³/mol. The molecule has 2 atom stereocenters. The molecule has 2 N–H and O–H groups in total. The summed E-state index contributed by atoms with van der Waals surface area (Å²) in [5.41, 5.74) is 7.49. The quantitative estimate of drug-likeness (QED) is 0.925. The van der Waals surface area contributed by atoms with Crippen LogP contribution in [-0.4, -0.2) is 13.7 Å². The lowest BCUT2D eigenvalue weighted by atomic mass is 10.0. The maximum atomic E-state index is 5.79. The van der Waals surface area contributed by atoms with Crippen LogP contribution in [0.1, 0.15) is 25.3 Å². The fourth-order valence-electron chi connectivity index (χ4n) is 2.72. The van der Waals surface area contributed by atoms with Crippen LogP contribution in [-0.2, 0) is 0 Å². The molecule has 88 valence electrons. The second-order valence-corrected chi connectivity index (χ2v) is 5.89. The minimum absolute atomic E-state index is 0.336. The third-order valence-electron chi connectivity index (χ3n) is 3.84. The number of hydrogen-bond donors (Lipinski definition) is 1. The molecule has 1 aliphatic rings. The molecular weight excluding hydrogens is 266 g/mol. The highest BCUT2D eigenvalue weighted by molar-refractivity contribution is 9.10. The van der Waals surface area contributed by atoms with E-state index in [2.05, 4.69) is 41.9 Å². The van der Waals surface area contributed by atoms with Crippen LogP contribution in [0.25, 0.3) is 0 Å². The molecular formula is C13H18BrNO. The Bertz CT molecular complexity index is 403. The average Bonchev–Trinajstić information content (AvgIpc) is 2.80. The lowest BCUT2D eigenvalue weighted by molar-refractivity contribution is 0.412. The van der Waals surface area contributed by atoms with Gasteiger partial charge in [0.25, 0.3) is 0 Å². The topological polar surface area (TPSA) is 35.2 Å². The molecule has 0 radical (unpaired) electrons. The van der Waals surface area contributed by atoms with Crippen LogP contribution in [0.5, 0.6) is 5.75 Å². The molecule has 1 aliphatic carbocycles. The second-order valence-electron chi connectivity index (χ2n) is 5.04. The molecule has 2 rings (SSSR count). The van der Waals surface area contributed by atoms with Gasteiger partial charge >= 0.3 is 0 Å². The lowest BCUT2D eigenvalue weighted by Gasteiger charge is -2.07. The van der Waals surface area contributed by atoms with E-state index in [0.717, 1.165) is 16.8 Å². The monoisotopic (exact) mass is 283 g/mol. The fraction of sp³-hybridized carbons (Fsp3) is 0.538. The predicted octanol–water partition coefficient (Wildman–Crippen LogP) is 3.16. The van der Waals surface area contributed by atoms with Crippen LogP contribution in [0.4, 0.5) is 0 Å². The van der Waals surface area contributed by atoms with Crippen LogP contribution in [0.2, 0.25) is 0 Å². The lowest BCUT2D eigenvalue weighted by Crippen LogP contribution is -2.05. The first kappa shape index (κ1) is 11.9. The maximum absolute atomic E-state index is 5.79. The summed E-state index contributed by atoms with van der Waals surface area (Å²) in [5, 5.41) is 0. The number of ether oxygens (including phenoxy) is 1. The van der Waals surface area contributed by atoms with Gasteiger partial charge in [0, 0.05) is 0 Å². The van der Waals surface area contributed by atoms with E-state index in [0.29, 0.717) is 17.3 Å². The van der Waals surface area contributed by atoms with Crippen LogP contribution in [0.15, 0.2) is 22.7 Å². The maximum Gasteiger partial charge on any atom is 0.133 e. The third-order valence-corrected chi connectivity index (χ3v) is 4.46. The Morgan fingerprint density at radius 3 is 2.56 bits per heavy atom. The van der Waals surface area contributed by atoms with Gasteiger partial charge in [-0.3, -0.25) is 0 Å². The van der Waals surface area contributed by atoms with Crippen LogP contribution in [0.3, 0.4) is 0 Å². The molecule has 3 heteroatoms. The van der Waals surface area contributed by atoms with Gasteiger partial charge in [-0.15, -0.1) is 0 Å². The Kier molecular flexibility index (Phi) is 3.01. The summed E-state index contributed by atoms with van der Waals surface area (Å²) >= 11 is 3.53. The van der Waals surface area contributed by atoms with E-state index in [9.17, 15) is 0 Å². The zero-order valence-corrected chi connectivity index (χ0v) is 11.5. The summed E-state index contributed by atoms with van der Waals surface area (Å²) in [4.78, 5) is 0. The Morgan fingerprint density at radius 2 is 2.12 bits per heavy atom. The number of hydrogen-bond acceptors (Lipinski definition) is 2. The standard InChI is InChI=1S/C13H18BrNO/c1-13(2)9(7-15)12(13)8-4-5-11(16-3)10(14)6-8/h4-6,9,12H,7,15H2,1-3H3. The van der Waals surface area contributed by atoms with Crippen molar-refractivity contribution in [2.24, 2.45) is 17.1 Å². The average molecular weight is 284 g/mol. The van der Waals surface area contributed by atoms with Crippen molar-refractivity contribution in [2.75, 3.05) is 13.7 Å². The second kappa shape index (κ2) is 4.04. The molecule has 1 saturated carbocycles. The SMILES string of the molecule is COc1ccc(C2C(CN)C2(C)C)cc1Br. The summed E-state index contributed by atoms with van der Waals surface area (Å²) in [7, 11) is 1.68. The van der Waals surface area contributed by atoms with Crippen molar-refractivity contribution in [3.8, 4) is 5.75 Å². The van der Waals surface area contributed by atoms with Gasteiger partial charge in [-0.1, -0.05) is 19.9 Å². The molecule has 1 aromatic carbocycles. The molecule has 0 bridgehead atoms. The molecule has 16 heavy (non-hydrogen) atoms. The zero-order valence-electron chi connectivity index (χ0n) is 9.96. The first-order valence-corrected chi connectivity index (χ1v) is 6.35. The molecule has 1 aromatic rings. The van der Waals surface area contributed by atoms with Crippen molar-refractivity contribution >= 4 is 15.9 Å². The van der Waals surface area contributed by atoms with Gasteiger partial charge in [-0.25, -0.2) is 0 Å². The molecule has 0 aromatic heterocycles. The fourth-order valence-corrected chi connectivity index (χ4v) is 3.28.